The molecule has 0 radical (unpaired) electrons. The lowest BCUT2D eigenvalue weighted by molar-refractivity contribution is -0.128. The van der Waals surface area contributed by atoms with Gasteiger partial charge in [-0.05, 0) is 55.4 Å². The second kappa shape index (κ2) is 7.79. The molecule has 1 unspecified atom stereocenters. The molecule has 1 saturated carbocycles. The summed E-state index contributed by atoms with van der Waals surface area (Å²) in [5.74, 6) is 0.453. The van der Waals surface area contributed by atoms with Crippen LogP contribution in [0.1, 0.15) is 61.8 Å². The van der Waals surface area contributed by atoms with Crippen molar-refractivity contribution in [2.24, 2.45) is 5.92 Å². The third-order valence-electron chi connectivity index (χ3n) is 6.60. The summed E-state index contributed by atoms with van der Waals surface area (Å²) < 4.78 is 0. The van der Waals surface area contributed by atoms with Gasteiger partial charge in [0.1, 0.15) is 5.54 Å². The molecule has 4 heteroatoms. The summed E-state index contributed by atoms with van der Waals surface area (Å²) in [6, 6.07) is 14.0. The predicted molar refractivity (Wildman–Crippen MR) is 116 cm³/mol. The zero-order valence-corrected chi connectivity index (χ0v) is 17.5. The van der Waals surface area contributed by atoms with Crippen LogP contribution in [0.5, 0.6) is 0 Å². The zero-order chi connectivity index (χ0) is 19.7. The van der Waals surface area contributed by atoms with Gasteiger partial charge < -0.3 is 10.6 Å². The molecule has 0 bridgehead atoms. The first-order chi connectivity index (χ1) is 13.5. The Hall–Kier alpha value is -2.00. The molecule has 0 aromatic heterocycles. The quantitative estimate of drug-likeness (QED) is 0.684. The number of para-hydroxylation sites is 1. The fraction of sp³-hybridized carbons (Fsp3) is 0.458. The average Bonchev–Trinajstić information content (AvgIpc) is 3.11. The summed E-state index contributed by atoms with van der Waals surface area (Å²) in [6.07, 6.45) is 6.65. The summed E-state index contributed by atoms with van der Waals surface area (Å²) in [5.41, 5.74) is 4.01. The van der Waals surface area contributed by atoms with E-state index in [-0.39, 0.29) is 11.9 Å². The molecule has 0 saturated heterocycles. The summed E-state index contributed by atoms with van der Waals surface area (Å²) in [4.78, 5) is 13.7. The Morgan fingerprint density at radius 1 is 1.14 bits per heavy atom. The maximum Gasteiger partial charge on any atom is 0.246 e. The first kappa shape index (κ1) is 19.3. The van der Waals surface area contributed by atoms with Crippen LogP contribution in [0.15, 0.2) is 42.5 Å². The molecule has 1 fully saturated rings. The van der Waals surface area contributed by atoms with Gasteiger partial charge in [-0.1, -0.05) is 67.3 Å². The first-order valence-corrected chi connectivity index (χ1v) is 10.8. The van der Waals surface area contributed by atoms with Crippen LogP contribution in [-0.4, -0.2) is 11.4 Å². The van der Waals surface area contributed by atoms with Crippen molar-refractivity contribution in [2.75, 3.05) is 5.32 Å². The predicted octanol–water partition coefficient (Wildman–Crippen LogP) is 5.81. The largest absolute Gasteiger partial charge is 0.370 e. The number of rotatable bonds is 4. The molecule has 1 amide bonds. The Morgan fingerprint density at radius 2 is 1.89 bits per heavy atom. The molecule has 0 spiro atoms. The Morgan fingerprint density at radius 3 is 2.61 bits per heavy atom. The lowest BCUT2D eigenvalue weighted by atomic mass is 9.72. The topological polar surface area (TPSA) is 41.1 Å². The van der Waals surface area contributed by atoms with Gasteiger partial charge in [0.2, 0.25) is 5.91 Å². The summed E-state index contributed by atoms with van der Waals surface area (Å²) >= 11 is 6.37. The molecule has 2 aromatic carbocycles. The van der Waals surface area contributed by atoms with Crippen LogP contribution in [0.2, 0.25) is 5.02 Å². The number of nitrogens with one attached hydrogen (secondary N) is 2. The molecule has 2 aliphatic rings. The van der Waals surface area contributed by atoms with Crippen LogP contribution < -0.4 is 10.6 Å². The molecule has 2 aromatic rings. The Labute approximate surface area is 172 Å². The summed E-state index contributed by atoms with van der Waals surface area (Å²) in [6.45, 7) is 4.13. The van der Waals surface area contributed by atoms with Crippen molar-refractivity contribution in [1.82, 2.24) is 5.32 Å². The lowest BCUT2D eigenvalue weighted by Gasteiger charge is -2.40. The third kappa shape index (κ3) is 3.41. The Bertz CT molecular complexity index is 875. The van der Waals surface area contributed by atoms with Crippen LogP contribution in [0.25, 0.3) is 0 Å². The molecule has 1 aliphatic carbocycles. The molecule has 148 valence electrons. The molecule has 2 N–H and O–H groups in total. The second-order valence-corrected chi connectivity index (χ2v) is 8.84. The Balaban J connectivity index is 1.64. The number of halogens is 1. The number of benzene rings is 2. The van der Waals surface area contributed by atoms with Crippen molar-refractivity contribution in [3.63, 3.8) is 0 Å². The highest BCUT2D eigenvalue weighted by Gasteiger charge is 2.50. The van der Waals surface area contributed by atoms with Crippen molar-refractivity contribution in [3.05, 3.63) is 64.2 Å². The van der Waals surface area contributed by atoms with E-state index in [1.165, 1.54) is 30.4 Å². The van der Waals surface area contributed by atoms with Crippen molar-refractivity contribution in [1.29, 1.82) is 0 Å². The summed E-state index contributed by atoms with van der Waals surface area (Å²) in [7, 11) is 0. The smallest absolute Gasteiger partial charge is 0.246 e. The minimum absolute atomic E-state index is 0.0995. The molecule has 1 heterocycles. The number of carbonyl (C=O) groups is 1. The maximum absolute atomic E-state index is 13.7. The second-order valence-electron chi connectivity index (χ2n) is 8.43. The van der Waals surface area contributed by atoms with E-state index in [0.717, 1.165) is 30.5 Å². The fourth-order valence-electron chi connectivity index (χ4n) is 5.02. The van der Waals surface area contributed by atoms with Gasteiger partial charge in [-0.3, -0.25) is 4.79 Å². The van der Waals surface area contributed by atoms with Crippen molar-refractivity contribution < 1.29 is 4.79 Å². The van der Waals surface area contributed by atoms with E-state index in [9.17, 15) is 4.79 Å². The molecule has 3 nitrogen and oxygen atoms in total. The number of anilines is 1. The van der Waals surface area contributed by atoms with Gasteiger partial charge in [0.25, 0.3) is 0 Å². The van der Waals surface area contributed by atoms with E-state index >= 15 is 0 Å². The molecular weight excluding hydrogens is 368 g/mol. The zero-order valence-electron chi connectivity index (χ0n) is 16.7. The lowest BCUT2D eigenvalue weighted by Crippen LogP contribution is -2.57. The van der Waals surface area contributed by atoms with E-state index in [4.69, 9.17) is 11.6 Å². The third-order valence-corrected chi connectivity index (χ3v) is 6.95. The summed E-state index contributed by atoms with van der Waals surface area (Å²) in [5, 5.41) is 7.69. The number of amides is 1. The molecule has 28 heavy (non-hydrogen) atoms. The monoisotopic (exact) mass is 396 g/mol. The fourth-order valence-corrected chi connectivity index (χ4v) is 5.32. The standard InChI is InChI=1S/C24H29ClN2O/c1-16-9-8-10-18-15-24(27-22(16)18,19-11-4-3-5-12-19)23(28)26-17(2)20-13-6-7-14-21(20)25/h6-10,13-14,17,19,27H,3-5,11-12,15H2,1-2H3,(H,26,28)/t17-,24?/m0/s1. The van der Waals surface area contributed by atoms with Crippen LogP contribution in [0.4, 0.5) is 5.69 Å². The van der Waals surface area contributed by atoms with Gasteiger partial charge >= 0.3 is 0 Å². The van der Waals surface area contributed by atoms with Crippen molar-refractivity contribution >= 4 is 23.2 Å². The normalized spacial score (nSPS) is 23.0. The van der Waals surface area contributed by atoms with E-state index in [0.29, 0.717) is 10.9 Å². The van der Waals surface area contributed by atoms with Gasteiger partial charge in [-0.15, -0.1) is 0 Å². The van der Waals surface area contributed by atoms with Gasteiger partial charge in [0, 0.05) is 17.1 Å². The van der Waals surface area contributed by atoms with Gasteiger partial charge in [-0.2, -0.15) is 0 Å². The highest BCUT2D eigenvalue weighted by Crippen LogP contribution is 2.44. The Kier molecular flexibility index (Phi) is 5.37. The molecule has 1 aliphatic heterocycles. The number of carbonyl (C=O) groups excluding carboxylic acids is 1. The van der Waals surface area contributed by atoms with E-state index < -0.39 is 5.54 Å². The average molecular weight is 397 g/mol. The molecule has 4 rings (SSSR count). The minimum Gasteiger partial charge on any atom is -0.370 e. The van der Waals surface area contributed by atoms with Crippen LogP contribution in [0.3, 0.4) is 0 Å². The van der Waals surface area contributed by atoms with Gasteiger partial charge in [-0.25, -0.2) is 0 Å². The minimum atomic E-state index is -0.565. The maximum atomic E-state index is 13.7. The first-order valence-electron chi connectivity index (χ1n) is 10.4. The highest BCUT2D eigenvalue weighted by molar-refractivity contribution is 6.31. The van der Waals surface area contributed by atoms with Crippen LogP contribution in [-0.2, 0) is 11.2 Å². The molecular formula is C24H29ClN2O. The van der Waals surface area contributed by atoms with Crippen molar-refractivity contribution in [2.45, 2.75) is 64.0 Å². The number of fused-ring (bicyclic) bond motifs is 1. The SMILES string of the molecule is Cc1cccc2c1NC(C(=O)N[C@@H](C)c1ccccc1Cl)(C1CCCCC1)C2. The van der Waals surface area contributed by atoms with E-state index in [1.807, 2.05) is 31.2 Å². The van der Waals surface area contributed by atoms with Crippen molar-refractivity contribution in [3.8, 4) is 0 Å². The van der Waals surface area contributed by atoms with Crippen LogP contribution in [0, 0.1) is 12.8 Å². The number of aryl methyl sites for hydroxylation is 1. The van der Waals surface area contributed by atoms with Crippen LogP contribution >= 0.6 is 11.6 Å². The van der Waals surface area contributed by atoms with Gasteiger partial charge in [0.05, 0.1) is 6.04 Å². The van der Waals surface area contributed by atoms with Gasteiger partial charge in [0.15, 0.2) is 0 Å². The highest BCUT2D eigenvalue weighted by atomic mass is 35.5. The van der Waals surface area contributed by atoms with E-state index in [1.54, 1.807) is 0 Å². The molecule has 2 atom stereocenters. The number of hydrogen-bond acceptors (Lipinski definition) is 2. The number of hydrogen-bond donors (Lipinski definition) is 2. The van der Waals surface area contributed by atoms with E-state index in [2.05, 4.69) is 35.8 Å².